The van der Waals surface area contributed by atoms with Gasteiger partial charge in [-0.25, -0.2) is 4.79 Å². The molecule has 0 unspecified atom stereocenters. The third-order valence-electron chi connectivity index (χ3n) is 4.82. The Morgan fingerprint density at radius 2 is 1.81 bits per heavy atom. The summed E-state index contributed by atoms with van der Waals surface area (Å²) in [5.74, 6) is 0.106. The van der Waals surface area contributed by atoms with Gasteiger partial charge in [0.05, 0.1) is 6.42 Å². The maximum Gasteiger partial charge on any atom is 0.319 e. The van der Waals surface area contributed by atoms with E-state index in [1.54, 1.807) is 0 Å². The Kier molecular flexibility index (Phi) is 6.47. The van der Waals surface area contributed by atoms with Crippen LogP contribution in [0.2, 0.25) is 0 Å². The molecule has 142 valence electrons. The Labute approximate surface area is 160 Å². The topological polar surface area (TPSA) is 61.4 Å². The fourth-order valence-corrected chi connectivity index (χ4v) is 3.33. The van der Waals surface area contributed by atoms with Crippen LogP contribution in [0.4, 0.5) is 16.2 Å². The van der Waals surface area contributed by atoms with Crippen LogP contribution >= 0.6 is 0 Å². The van der Waals surface area contributed by atoms with Gasteiger partial charge >= 0.3 is 6.03 Å². The van der Waals surface area contributed by atoms with Gasteiger partial charge in [0.2, 0.25) is 5.91 Å². The second-order valence-electron chi connectivity index (χ2n) is 6.89. The van der Waals surface area contributed by atoms with E-state index in [4.69, 9.17) is 0 Å². The van der Waals surface area contributed by atoms with Gasteiger partial charge in [-0.05, 0) is 42.2 Å². The van der Waals surface area contributed by atoms with E-state index < -0.39 is 0 Å². The molecule has 0 bridgehead atoms. The Hall–Kier alpha value is -2.82. The Bertz CT molecular complexity index is 786. The van der Waals surface area contributed by atoms with Crippen LogP contribution in [0.15, 0.2) is 48.5 Å². The molecule has 0 saturated carbocycles. The van der Waals surface area contributed by atoms with Gasteiger partial charge in [0.15, 0.2) is 0 Å². The number of rotatable bonds is 7. The van der Waals surface area contributed by atoms with Crippen LogP contribution in [0.5, 0.6) is 0 Å². The van der Waals surface area contributed by atoms with Crippen molar-refractivity contribution in [1.29, 1.82) is 0 Å². The lowest BCUT2D eigenvalue weighted by molar-refractivity contribution is -0.117. The lowest BCUT2D eigenvalue weighted by Crippen LogP contribution is -2.30. The molecule has 27 heavy (non-hydrogen) atoms. The number of anilines is 2. The van der Waals surface area contributed by atoms with Crippen molar-refractivity contribution in [1.82, 2.24) is 5.32 Å². The molecule has 0 saturated heterocycles. The van der Waals surface area contributed by atoms with Crippen LogP contribution in [0, 0.1) is 0 Å². The first-order valence-electron chi connectivity index (χ1n) is 9.69. The van der Waals surface area contributed by atoms with E-state index in [1.165, 1.54) is 5.56 Å². The van der Waals surface area contributed by atoms with Crippen molar-refractivity contribution in [2.45, 2.75) is 39.0 Å². The average molecular weight is 365 g/mol. The summed E-state index contributed by atoms with van der Waals surface area (Å²) in [7, 11) is 0. The largest absolute Gasteiger partial charge is 0.338 e. The molecule has 3 rings (SSSR count). The van der Waals surface area contributed by atoms with E-state index in [0.717, 1.165) is 49.2 Å². The zero-order chi connectivity index (χ0) is 19.1. The molecule has 0 fully saturated rings. The van der Waals surface area contributed by atoms with Gasteiger partial charge in [-0.3, -0.25) is 4.79 Å². The molecule has 2 N–H and O–H groups in total. The molecular formula is C22H27N3O2. The number of hydrogen-bond acceptors (Lipinski definition) is 2. The molecule has 0 aromatic heterocycles. The summed E-state index contributed by atoms with van der Waals surface area (Å²) in [5.41, 5.74) is 3.93. The van der Waals surface area contributed by atoms with Crippen LogP contribution in [0.25, 0.3) is 0 Å². The van der Waals surface area contributed by atoms with Crippen LogP contribution in [0.1, 0.15) is 37.3 Å². The van der Waals surface area contributed by atoms with E-state index in [1.807, 2.05) is 47.4 Å². The van der Waals surface area contributed by atoms with Crippen LogP contribution < -0.4 is 15.5 Å². The highest BCUT2D eigenvalue weighted by Crippen LogP contribution is 2.28. The number of nitrogens with one attached hydrogen (secondary N) is 2. The number of unbranched alkanes of at least 4 members (excludes halogenated alkanes) is 2. The summed E-state index contributed by atoms with van der Waals surface area (Å²) in [6, 6.07) is 15.3. The highest BCUT2D eigenvalue weighted by molar-refractivity contribution is 5.96. The summed E-state index contributed by atoms with van der Waals surface area (Å²) in [6.07, 6.45) is 4.51. The van der Waals surface area contributed by atoms with Crippen LogP contribution in [0.3, 0.4) is 0 Å². The number of para-hydroxylation sites is 1. The summed E-state index contributed by atoms with van der Waals surface area (Å²) < 4.78 is 0. The minimum Gasteiger partial charge on any atom is -0.338 e. The summed E-state index contributed by atoms with van der Waals surface area (Å²) in [6.45, 7) is 3.56. The van der Waals surface area contributed by atoms with Gasteiger partial charge in [-0.15, -0.1) is 0 Å². The second kappa shape index (κ2) is 9.21. The molecule has 1 aliphatic rings. The fourth-order valence-electron chi connectivity index (χ4n) is 3.33. The Morgan fingerprint density at radius 1 is 1.04 bits per heavy atom. The van der Waals surface area contributed by atoms with E-state index in [0.29, 0.717) is 13.0 Å². The number of carbonyl (C=O) groups excluding carboxylic acids is 2. The highest BCUT2D eigenvalue weighted by Gasteiger charge is 2.23. The SMILES string of the molecule is CCCCCNC(=O)Nc1ccc(CC(=O)N2CCc3ccccc32)cc1. The predicted molar refractivity (Wildman–Crippen MR) is 109 cm³/mol. The standard InChI is InChI=1S/C22H27N3O2/c1-2-3-6-14-23-22(27)24-19-11-9-17(10-12-19)16-21(26)25-15-13-18-7-4-5-8-20(18)25/h4-5,7-12H,2-3,6,13-16H2,1H3,(H2,23,24,27). The van der Waals surface area contributed by atoms with E-state index in [-0.39, 0.29) is 11.9 Å². The summed E-state index contributed by atoms with van der Waals surface area (Å²) in [5, 5.41) is 5.67. The summed E-state index contributed by atoms with van der Waals surface area (Å²) in [4.78, 5) is 26.4. The van der Waals surface area contributed by atoms with Crippen molar-refractivity contribution >= 4 is 23.3 Å². The number of urea groups is 1. The van der Waals surface area contributed by atoms with E-state index in [9.17, 15) is 9.59 Å². The number of fused-ring (bicyclic) bond motifs is 1. The molecule has 2 aromatic rings. The van der Waals surface area contributed by atoms with Gasteiger partial charge in [0.25, 0.3) is 0 Å². The molecule has 3 amide bonds. The number of hydrogen-bond donors (Lipinski definition) is 2. The Balaban J connectivity index is 1.51. The van der Waals surface area contributed by atoms with Gasteiger partial charge < -0.3 is 15.5 Å². The number of nitrogens with zero attached hydrogens (tertiary/aromatic N) is 1. The second-order valence-corrected chi connectivity index (χ2v) is 6.89. The first kappa shape index (κ1) is 19.0. The smallest absolute Gasteiger partial charge is 0.319 e. The Morgan fingerprint density at radius 3 is 2.59 bits per heavy atom. The fraction of sp³-hybridized carbons (Fsp3) is 0.364. The minimum absolute atomic E-state index is 0.106. The quantitative estimate of drug-likeness (QED) is 0.725. The van der Waals surface area contributed by atoms with Gasteiger partial charge in [-0.2, -0.15) is 0 Å². The third-order valence-corrected chi connectivity index (χ3v) is 4.82. The van der Waals surface area contributed by atoms with Crippen molar-refractivity contribution < 1.29 is 9.59 Å². The van der Waals surface area contributed by atoms with Crippen molar-refractivity contribution in [3.8, 4) is 0 Å². The number of carbonyl (C=O) groups is 2. The molecule has 1 aliphatic heterocycles. The van der Waals surface area contributed by atoms with Gasteiger partial charge in [0, 0.05) is 24.5 Å². The lowest BCUT2D eigenvalue weighted by atomic mass is 10.1. The molecule has 0 radical (unpaired) electrons. The first-order chi connectivity index (χ1) is 13.2. The van der Waals surface area contributed by atoms with Crippen molar-refractivity contribution in [3.05, 3.63) is 59.7 Å². The van der Waals surface area contributed by atoms with Gasteiger partial charge in [-0.1, -0.05) is 50.1 Å². The zero-order valence-electron chi connectivity index (χ0n) is 15.8. The monoisotopic (exact) mass is 365 g/mol. The highest BCUT2D eigenvalue weighted by atomic mass is 16.2. The van der Waals surface area contributed by atoms with Crippen LogP contribution in [-0.2, 0) is 17.6 Å². The van der Waals surface area contributed by atoms with Gasteiger partial charge in [0.1, 0.15) is 0 Å². The van der Waals surface area contributed by atoms with Crippen molar-refractivity contribution in [2.75, 3.05) is 23.3 Å². The maximum absolute atomic E-state index is 12.7. The molecule has 1 heterocycles. The molecule has 5 heteroatoms. The maximum atomic E-state index is 12.7. The third kappa shape index (κ3) is 5.09. The molecule has 0 atom stereocenters. The molecular weight excluding hydrogens is 338 g/mol. The van der Waals surface area contributed by atoms with E-state index >= 15 is 0 Å². The molecule has 0 aliphatic carbocycles. The minimum atomic E-state index is -0.191. The van der Waals surface area contributed by atoms with E-state index in [2.05, 4.69) is 23.6 Å². The number of benzene rings is 2. The first-order valence-corrected chi connectivity index (χ1v) is 9.69. The number of amides is 3. The predicted octanol–water partition coefficient (Wildman–Crippen LogP) is 4.13. The normalized spacial score (nSPS) is 12.6. The molecule has 5 nitrogen and oxygen atoms in total. The van der Waals surface area contributed by atoms with Crippen LogP contribution in [-0.4, -0.2) is 25.0 Å². The summed E-state index contributed by atoms with van der Waals surface area (Å²) >= 11 is 0. The van der Waals surface area contributed by atoms with Crippen molar-refractivity contribution in [3.63, 3.8) is 0 Å². The lowest BCUT2D eigenvalue weighted by Gasteiger charge is -2.17. The molecule has 0 spiro atoms. The average Bonchev–Trinajstić information content (AvgIpc) is 3.11. The van der Waals surface area contributed by atoms with Crippen molar-refractivity contribution in [2.24, 2.45) is 0 Å². The molecule has 2 aromatic carbocycles. The zero-order valence-corrected chi connectivity index (χ0v) is 15.8.